The number of nitrogen functional groups attached to an aromatic ring is 1. The average Bonchev–Trinajstić information content (AvgIpc) is 2.43. The maximum atomic E-state index is 12.5. The quantitative estimate of drug-likeness (QED) is 0.676. The molecule has 68 valence electrons. The number of fused-ring (bicyclic) bond motifs is 1. The Bertz CT molecular complexity index is 447. The fraction of sp³-hybridized carbons (Fsp3) is 0.222. The predicted octanol–water partition coefficient (Wildman–Crippen LogP) is 1.62. The summed E-state index contributed by atoms with van der Waals surface area (Å²) in [4.78, 5) is 0. The highest BCUT2D eigenvalue weighted by molar-refractivity contribution is 5.84. The molecule has 0 aliphatic heterocycles. The summed E-state index contributed by atoms with van der Waals surface area (Å²) in [5, 5.41) is 4.87. The summed E-state index contributed by atoms with van der Waals surface area (Å²) in [6, 6.07) is 5.34. The van der Waals surface area contributed by atoms with Crippen molar-refractivity contribution in [1.82, 2.24) is 9.78 Å². The Morgan fingerprint density at radius 1 is 1.54 bits per heavy atom. The monoisotopic (exact) mass is 179 g/mol. The van der Waals surface area contributed by atoms with E-state index >= 15 is 0 Å². The van der Waals surface area contributed by atoms with E-state index in [-0.39, 0.29) is 0 Å². The number of halogens is 1. The number of nitrogens with zero attached hydrogens (tertiary/aromatic N) is 2. The number of nitrogens with two attached hydrogens (primary N) is 1. The molecule has 0 amide bonds. The minimum absolute atomic E-state index is 0.470. The molecule has 2 rings (SSSR count). The van der Waals surface area contributed by atoms with Crippen molar-refractivity contribution < 1.29 is 4.39 Å². The minimum Gasteiger partial charge on any atom is -0.399 e. The van der Waals surface area contributed by atoms with Crippen molar-refractivity contribution in [2.24, 2.45) is 7.05 Å². The van der Waals surface area contributed by atoms with Gasteiger partial charge < -0.3 is 5.73 Å². The first kappa shape index (κ1) is 8.04. The molecule has 4 heteroatoms. The Morgan fingerprint density at radius 2 is 2.31 bits per heavy atom. The summed E-state index contributed by atoms with van der Waals surface area (Å²) < 4.78 is 14.1. The molecule has 0 fully saturated rings. The number of aryl methyl sites for hydroxylation is 1. The molecular weight excluding hydrogens is 169 g/mol. The first-order valence-electron chi connectivity index (χ1n) is 3.99. The number of hydrogen-bond acceptors (Lipinski definition) is 2. The topological polar surface area (TPSA) is 43.8 Å². The summed E-state index contributed by atoms with van der Waals surface area (Å²) >= 11 is 0. The Kier molecular flexibility index (Phi) is 1.69. The standard InChI is InChI=1S/C9H10FN3/c1-13-9-4-6(11)2-3-7(9)8(5-10)12-13/h2-4H,5,11H2,1H3. The second kappa shape index (κ2) is 2.73. The van der Waals surface area contributed by atoms with Gasteiger partial charge in [-0.2, -0.15) is 5.10 Å². The molecule has 2 N–H and O–H groups in total. The Labute approximate surface area is 75.0 Å². The van der Waals surface area contributed by atoms with E-state index in [0.717, 1.165) is 10.9 Å². The van der Waals surface area contributed by atoms with Gasteiger partial charge in [-0.25, -0.2) is 4.39 Å². The van der Waals surface area contributed by atoms with E-state index in [9.17, 15) is 4.39 Å². The average molecular weight is 179 g/mol. The van der Waals surface area contributed by atoms with E-state index in [1.165, 1.54) is 0 Å². The van der Waals surface area contributed by atoms with Gasteiger partial charge in [-0.15, -0.1) is 0 Å². The maximum Gasteiger partial charge on any atom is 0.134 e. The SMILES string of the molecule is Cn1nc(CF)c2ccc(N)cc21. The largest absolute Gasteiger partial charge is 0.399 e. The zero-order chi connectivity index (χ0) is 9.42. The Balaban J connectivity index is 2.80. The molecular formula is C9H10FN3. The number of hydrogen-bond donors (Lipinski definition) is 1. The van der Waals surface area contributed by atoms with Crippen LogP contribution in [0.3, 0.4) is 0 Å². The van der Waals surface area contributed by atoms with Crippen LogP contribution in [0.15, 0.2) is 18.2 Å². The van der Waals surface area contributed by atoms with Gasteiger partial charge in [-0.3, -0.25) is 4.68 Å². The van der Waals surface area contributed by atoms with E-state index < -0.39 is 6.67 Å². The van der Waals surface area contributed by atoms with Gasteiger partial charge >= 0.3 is 0 Å². The summed E-state index contributed by atoms with van der Waals surface area (Å²) in [5.74, 6) is 0. The van der Waals surface area contributed by atoms with E-state index in [1.54, 1.807) is 29.9 Å². The molecule has 0 atom stereocenters. The maximum absolute atomic E-state index is 12.5. The van der Waals surface area contributed by atoms with E-state index in [1.807, 2.05) is 0 Å². The minimum atomic E-state index is -0.540. The van der Waals surface area contributed by atoms with Gasteiger partial charge in [-0.05, 0) is 18.2 Å². The molecule has 1 aromatic heterocycles. The molecule has 0 saturated heterocycles. The lowest BCUT2D eigenvalue weighted by Gasteiger charge is -1.95. The van der Waals surface area contributed by atoms with Crippen LogP contribution in [-0.4, -0.2) is 9.78 Å². The summed E-state index contributed by atoms with van der Waals surface area (Å²) in [6.45, 7) is -0.540. The lowest BCUT2D eigenvalue weighted by molar-refractivity contribution is 0.473. The highest BCUT2D eigenvalue weighted by Crippen LogP contribution is 2.20. The van der Waals surface area contributed by atoms with Crippen LogP contribution in [0, 0.1) is 0 Å². The number of aromatic nitrogens is 2. The molecule has 13 heavy (non-hydrogen) atoms. The number of benzene rings is 1. The molecule has 0 radical (unpaired) electrons. The zero-order valence-electron chi connectivity index (χ0n) is 7.29. The van der Waals surface area contributed by atoms with Crippen molar-refractivity contribution in [3.63, 3.8) is 0 Å². The number of alkyl halides is 1. The fourth-order valence-electron chi connectivity index (χ4n) is 1.45. The summed E-state index contributed by atoms with van der Waals surface area (Å²) in [7, 11) is 1.78. The lowest BCUT2D eigenvalue weighted by Crippen LogP contribution is -1.91. The van der Waals surface area contributed by atoms with Crippen LogP contribution in [0.4, 0.5) is 10.1 Å². The highest BCUT2D eigenvalue weighted by Gasteiger charge is 2.07. The van der Waals surface area contributed by atoms with E-state index in [4.69, 9.17) is 5.73 Å². The third-order valence-corrected chi connectivity index (χ3v) is 2.08. The van der Waals surface area contributed by atoms with Gasteiger partial charge in [0.1, 0.15) is 12.4 Å². The fourth-order valence-corrected chi connectivity index (χ4v) is 1.45. The molecule has 0 bridgehead atoms. The second-order valence-corrected chi connectivity index (χ2v) is 2.98. The molecule has 0 aliphatic rings. The van der Waals surface area contributed by atoms with Gasteiger partial charge in [0.15, 0.2) is 0 Å². The van der Waals surface area contributed by atoms with Crippen LogP contribution >= 0.6 is 0 Å². The van der Waals surface area contributed by atoms with Crippen molar-refractivity contribution in [2.75, 3.05) is 5.73 Å². The van der Waals surface area contributed by atoms with Gasteiger partial charge in [-0.1, -0.05) is 0 Å². The molecule has 2 aromatic rings. The third-order valence-electron chi connectivity index (χ3n) is 2.08. The molecule has 0 saturated carbocycles. The van der Waals surface area contributed by atoms with Crippen LogP contribution < -0.4 is 5.73 Å². The van der Waals surface area contributed by atoms with Crippen molar-refractivity contribution in [1.29, 1.82) is 0 Å². The van der Waals surface area contributed by atoms with Gasteiger partial charge in [0, 0.05) is 18.1 Å². The Morgan fingerprint density at radius 3 is 3.00 bits per heavy atom. The smallest absolute Gasteiger partial charge is 0.134 e. The normalized spacial score (nSPS) is 10.9. The van der Waals surface area contributed by atoms with Gasteiger partial charge in [0.05, 0.1) is 5.52 Å². The van der Waals surface area contributed by atoms with Gasteiger partial charge in [0.2, 0.25) is 0 Å². The molecule has 0 spiro atoms. The number of rotatable bonds is 1. The predicted molar refractivity (Wildman–Crippen MR) is 49.9 cm³/mol. The van der Waals surface area contributed by atoms with Gasteiger partial charge in [0.25, 0.3) is 0 Å². The molecule has 0 unspecified atom stereocenters. The summed E-state index contributed by atoms with van der Waals surface area (Å²) in [6.07, 6.45) is 0. The lowest BCUT2D eigenvalue weighted by atomic mass is 10.2. The van der Waals surface area contributed by atoms with Crippen LogP contribution in [-0.2, 0) is 13.7 Å². The van der Waals surface area contributed by atoms with Crippen LogP contribution in [0.1, 0.15) is 5.69 Å². The first-order valence-corrected chi connectivity index (χ1v) is 3.99. The van der Waals surface area contributed by atoms with Crippen molar-refractivity contribution in [3.8, 4) is 0 Å². The molecule has 1 aromatic carbocycles. The Hall–Kier alpha value is -1.58. The second-order valence-electron chi connectivity index (χ2n) is 2.98. The third kappa shape index (κ3) is 1.14. The summed E-state index contributed by atoms with van der Waals surface area (Å²) in [5.41, 5.74) is 7.61. The van der Waals surface area contributed by atoms with E-state index in [0.29, 0.717) is 11.4 Å². The zero-order valence-corrected chi connectivity index (χ0v) is 7.29. The number of anilines is 1. The van der Waals surface area contributed by atoms with Crippen molar-refractivity contribution in [2.45, 2.75) is 6.67 Å². The van der Waals surface area contributed by atoms with Crippen molar-refractivity contribution in [3.05, 3.63) is 23.9 Å². The highest BCUT2D eigenvalue weighted by atomic mass is 19.1. The molecule has 1 heterocycles. The molecule has 3 nitrogen and oxygen atoms in total. The van der Waals surface area contributed by atoms with Crippen LogP contribution in [0.5, 0.6) is 0 Å². The van der Waals surface area contributed by atoms with Crippen molar-refractivity contribution >= 4 is 16.6 Å². The molecule has 0 aliphatic carbocycles. The van der Waals surface area contributed by atoms with Crippen LogP contribution in [0.2, 0.25) is 0 Å². The first-order chi connectivity index (χ1) is 6.22. The van der Waals surface area contributed by atoms with Crippen LogP contribution in [0.25, 0.3) is 10.9 Å². The van der Waals surface area contributed by atoms with E-state index in [2.05, 4.69) is 5.10 Å².